The lowest BCUT2D eigenvalue weighted by Crippen LogP contribution is -2.06. The Morgan fingerprint density at radius 2 is 1.96 bits per heavy atom. The maximum absolute atomic E-state index is 8.92. The van der Waals surface area contributed by atoms with Crippen LogP contribution in [-0.2, 0) is 0 Å². The Bertz CT molecular complexity index is 990. The maximum Gasteiger partial charge on any atom is 0.180 e. The van der Waals surface area contributed by atoms with Crippen molar-refractivity contribution in [3.63, 3.8) is 0 Å². The number of para-hydroxylation sites is 1. The monoisotopic (exact) mass is 319 g/mol. The molecule has 4 rings (SSSR count). The first-order valence-electron chi connectivity index (χ1n) is 7.89. The largest absolute Gasteiger partial charge is 0.396 e. The van der Waals surface area contributed by atoms with Gasteiger partial charge in [-0.05, 0) is 12.5 Å². The summed E-state index contributed by atoms with van der Waals surface area (Å²) in [6.07, 6.45) is 7.97. The average molecular weight is 319 g/mol. The SMILES string of the molecule is OCCCNc1nccn2c(-c3cccc4cccnc34)cnc12. The van der Waals surface area contributed by atoms with Gasteiger partial charge in [0.1, 0.15) is 0 Å². The number of aliphatic hydroxyl groups is 1. The van der Waals surface area contributed by atoms with Crippen LogP contribution >= 0.6 is 0 Å². The molecule has 0 unspecified atom stereocenters. The van der Waals surface area contributed by atoms with Crippen LogP contribution in [0.2, 0.25) is 0 Å². The third-order valence-corrected chi connectivity index (χ3v) is 3.96. The summed E-state index contributed by atoms with van der Waals surface area (Å²) in [6.45, 7) is 0.804. The summed E-state index contributed by atoms with van der Waals surface area (Å²) in [5.41, 5.74) is 3.72. The number of aliphatic hydroxyl groups excluding tert-OH is 1. The van der Waals surface area contributed by atoms with E-state index in [0.29, 0.717) is 18.8 Å². The topological polar surface area (TPSA) is 75.3 Å². The number of hydrogen-bond donors (Lipinski definition) is 2. The summed E-state index contributed by atoms with van der Waals surface area (Å²) in [5, 5.41) is 13.2. The predicted octanol–water partition coefficient (Wildman–Crippen LogP) is 2.74. The molecule has 0 aliphatic carbocycles. The molecular weight excluding hydrogens is 302 g/mol. The molecule has 3 heterocycles. The van der Waals surface area contributed by atoms with E-state index in [4.69, 9.17) is 5.11 Å². The molecule has 2 N–H and O–H groups in total. The van der Waals surface area contributed by atoms with E-state index in [-0.39, 0.29) is 6.61 Å². The fourth-order valence-corrected chi connectivity index (χ4v) is 2.84. The number of nitrogens with zero attached hydrogens (tertiary/aromatic N) is 4. The number of rotatable bonds is 5. The van der Waals surface area contributed by atoms with Gasteiger partial charge in [-0.25, -0.2) is 9.97 Å². The molecule has 120 valence electrons. The molecule has 3 aromatic heterocycles. The lowest BCUT2D eigenvalue weighted by molar-refractivity contribution is 0.292. The summed E-state index contributed by atoms with van der Waals surface area (Å²) in [5.74, 6) is 0.713. The minimum Gasteiger partial charge on any atom is -0.396 e. The van der Waals surface area contributed by atoms with Crippen molar-refractivity contribution in [3.05, 3.63) is 55.1 Å². The summed E-state index contributed by atoms with van der Waals surface area (Å²) in [4.78, 5) is 13.4. The molecular formula is C18H17N5O. The molecule has 0 saturated heterocycles. The fraction of sp³-hybridized carbons (Fsp3) is 0.167. The van der Waals surface area contributed by atoms with Gasteiger partial charge in [0.15, 0.2) is 11.5 Å². The molecule has 0 atom stereocenters. The van der Waals surface area contributed by atoms with Crippen molar-refractivity contribution in [2.45, 2.75) is 6.42 Å². The van der Waals surface area contributed by atoms with Crippen LogP contribution < -0.4 is 5.32 Å². The second-order valence-electron chi connectivity index (χ2n) is 5.50. The van der Waals surface area contributed by atoms with Gasteiger partial charge in [0.25, 0.3) is 0 Å². The zero-order valence-corrected chi connectivity index (χ0v) is 13.1. The number of pyridine rings is 1. The van der Waals surface area contributed by atoms with E-state index < -0.39 is 0 Å². The lowest BCUT2D eigenvalue weighted by Gasteiger charge is -2.08. The molecule has 0 amide bonds. The first-order valence-corrected chi connectivity index (χ1v) is 7.89. The minimum absolute atomic E-state index is 0.150. The number of benzene rings is 1. The molecule has 0 aliphatic rings. The predicted molar refractivity (Wildman–Crippen MR) is 93.9 cm³/mol. The Morgan fingerprint density at radius 1 is 1.04 bits per heavy atom. The Hall–Kier alpha value is -2.99. The van der Waals surface area contributed by atoms with Crippen LogP contribution in [0.25, 0.3) is 27.8 Å². The number of hydrogen-bond acceptors (Lipinski definition) is 5. The van der Waals surface area contributed by atoms with Gasteiger partial charge in [-0.1, -0.05) is 24.3 Å². The van der Waals surface area contributed by atoms with Crippen LogP contribution in [-0.4, -0.2) is 37.6 Å². The Labute approximate surface area is 138 Å². The Morgan fingerprint density at radius 3 is 2.88 bits per heavy atom. The highest BCUT2D eigenvalue weighted by Gasteiger charge is 2.12. The van der Waals surface area contributed by atoms with Crippen LogP contribution in [0.1, 0.15) is 6.42 Å². The minimum atomic E-state index is 0.150. The van der Waals surface area contributed by atoms with Crippen molar-refractivity contribution >= 4 is 22.4 Å². The molecule has 24 heavy (non-hydrogen) atoms. The molecule has 6 heteroatoms. The van der Waals surface area contributed by atoms with Crippen LogP contribution in [0.3, 0.4) is 0 Å². The number of nitrogens with one attached hydrogen (secondary N) is 1. The van der Waals surface area contributed by atoms with Gasteiger partial charge in [0, 0.05) is 42.7 Å². The standard InChI is InChI=1S/C18H17N5O/c24-11-3-8-20-17-18-22-12-15(23(18)10-9-21-17)14-6-1-4-13-5-2-7-19-16(13)14/h1-2,4-7,9-10,12,24H,3,8,11H2,(H,20,21). The first kappa shape index (κ1) is 14.6. The van der Waals surface area contributed by atoms with Crippen molar-refractivity contribution in [2.24, 2.45) is 0 Å². The molecule has 0 radical (unpaired) electrons. The van der Waals surface area contributed by atoms with Crippen molar-refractivity contribution < 1.29 is 5.11 Å². The van der Waals surface area contributed by atoms with Crippen molar-refractivity contribution in [1.29, 1.82) is 0 Å². The van der Waals surface area contributed by atoms with E-state index in [0.717, 1.165) is 27.8 Å². The van der Waals surface area contributed by atoms with Crippen molar-refractivity contribution in [3.8, 4) is 11.3 Å². The normalized spacial score (nSPS) is 11.2. The zero-order chi connectivity index (χ0) is 16.4. The number of aromatic nitrogens is 4. The van der Waals surface area contributed by atoms with Gasteiger partial charge < -0.3 is 10.4 Å². The van der Waals surface area contributed by atoms with Gasteiger partial charge in [0.05, 0.1) is 17.4 Å². The van der Waals surface area contributed by atoms with Crippen LogP contribution in [0.4, 0.5) is 5.82 Å². The highest BCUT2D eigenvalue weighted by Crippen LogP contribution is 2.28. The van der Waals surface area contributed by atoms with E-state index in [1.165, 1.54) is 0 Å². The first-order chi connectivity index (χ1) is 11.9. The van der Waals surface area contributed by atoms with E-state index in [2.05, 4.69) is 38.5 Å². The number of anilines is 1. The Balaban J connectivity index is 1.84. The number of imidazole rings is 1. The highest BCUT2D eigenvalue weighted by atomic mass is 16.3. The van der Waals surface area contributed by atoms with Crippen molar-refractivity contribution in [2.75, 3.05) is 18.5 Å². The number of fused-ring (bicyclic) bond motifs is 2. The van der Waals surface area contributed by atoms with E-state index in [1.54, 1.807) is 12.4 Å². The third kappa shape index (κ3) is 2.47. The molecule has 0 fully saturated rings. The van der Waals surface area contributed by atoms with E-state index in [9.17, 15) is 0 Å². The average Bonchev–Trinajstić information content (AvgIpc) is 3.06. The molecule has 6 nitrogen and oxygen atoms in total. The van der Waals surface area contributed by atoms with Gasteiger partial charge in [-0.15, -0.1) is 0 Å². The van der Waals surface area contributed by atoms with E-state index in [1.807, 2.05) is 28.9 Å². The third-order valence-electron chi connectivity index (χ3n) is 3.96. The molecule has 0 saturated carbocycles. The summed E-state index contributed by atoms with van der Waals surface area (Å²) >= 11 is 0. The van der Waals surface area contributed by atoms with Gasteiger partial charge in [-0.3, -0.25) is 9.38 Å². The quantitative estimate of drug-likeness (QED) is 0.553. The second kappa shape index (κ2) is 6.25. The van der Waals surface area contributed by atoms with Crippen LogP contribution in [0.15, 0.2) is 55.1 Å². The highest BCUT2D eigenvalue weighted by molar-refractivity contribution is 5.93. The molecule has 0 bridgehead atoms. The second-order valence-corrected chi connectivity index (χ2v) is 5.50. The summed E-state index contributed by atoms with van der Waals surface area (Å²) in [7, 11) is 0. The molecule has 4 aromatic rings. The van der Waals surface area contributed by atoms with Crippen LogP contribution in [0, 0.1) is 0 Å². The van der Waals surface area contributed by atoms with Crippen LogP contribution in [0.5, 0.6) is 0 Å². The molecule has 1 aromatic carbocycles. The van der Waals surface area contributed by atoms with E-state index >= 15 is 0 Å². The van der Waals surface area contributed by atoms with Gasteiger partial charge in [0.2, 0.25) is 0 Å². The lowest BCUT2D eigenvalue weighted by atomic mass is 10.1. The smallest absolute Gasteiger partial charge is 0.180 e. The molecule has 0 spiro atoms. The van der Waals surface area contributed by atoms with Gasteiger partial charge in [-0.2, -0.15) is 0 Å². The fourth-order valence-electron chi connectivity index (χ4n) is 2.84. The maximum atomic E-state index is 8.92. The zero-order valence-electron chi connectivity index (χ0n) is 13.1. The van der Waals surface area contributed by atoms with Crippen molar-refractivity contribution in [1.82, 2.24) is 19.4 Å². The molecule has 0 aliphatic heterocycles. The summed E-state index contributed by atoms with van der Waals surface area (Å²) < 4.78 is 2.01. The summed E-state index contributed by atoms with van der Waals surface area (Å²) in [6, 6.07) is 10.1. The van der Waals surface area contributed by atoms with Gasteiger partial charge >= 0.3 is 0 Å². The Kier molecular flexibility index (Phi) is 3.80.